The lowest BCUT2D eigenvalue weighted by atomic mass is 10.1. The maximum Gasteiger partial charge on any atom is 0.340 e. The van der Waals surface area contributed by atoms with Crippen LogP contribution in [0.5, 0.6) is 0 Å². The van der Waals surface area contributed by atoms with Crippen molar-refractivity contribution in [3.63, 3.8) is 0 Å². The van der Waals surface area contributed by atoms with E-state index >= 15 is 0 Å². The Morgan fingerprint density at radius 3 is 2.61 bits per heavy atom. The van der Waals surface area contributed by atoms with E-state index in [1.165, 1.54) is 0 Å². The molecule has 0 aliphatic heterocycles. The number of ether oxygens (including phenoxy) is 1. The van der Waals surface area contributed by atoms with Gasteiger partial charge in [0.1, 0.15) is 5.69 Å². The molecule has 6 nitrogen and oxygen atoms in total. The van der Waals surface area contributed by atoms with Gasteiger partial charge >= 0.3 is 5.97 Å². The van der Waals surface area contributed by atoms with Gasteiger partial charge in [0, 0.05) is 5.69 Å². The average Bonchev–Trinajstić information content (AvgIpc) is 2.83. The second kappa shape index (κ2) is 7.40. The summed E-state index contributed by atoms with van der Waals surface area (Å²) < 4.78 is 5.00. The van der Waals surface area contributed by atoms with Crippen molar-refractivity contribution in [2.75, 3.05) is 6.61 Å². The molecule has 1 aromatic carbocycles. The van der Waals surface area contributed by atoms with E-state index in [9.17, 15) is 9.59 Å². The first-order valence-corrected chi connectivity index (χ1v) is 7.29. The van der Waals surface area contributed by atoms with Crippen molar-refractivity contribution >= 4 is 18.1 Å². The minimum absolute atomic E-state index is 0.284. The van der Waals surface area contributed by atoms with Gasteiger partial charge in [0.25, 0.3) is 5.91 Å². The molecule has 0 spiro atoms. The molecule has 23 heavy (non-hydrogen) atoms. The summed E-state index contributed by atoms with van der Waals surface area (Å²) in [5, 5.41) is 3.92. The van der Waals surface area contributed by atoms with Crippen LogP contribution in [-0.4, -0.2) is 29.7 Å². The number of esters is 1. The number of H-pyrrole nitrogens is 1. The highest BCUT2D eigenvalue weighted by molar-refractivity contribution is 6.00. The summed E-state index contributed by atoms with van der Waals surface area (Å²) >= 11 is 0. The smallest absolute Gasteiger partial charge is 0.340 e. The van der Waals surface area contributed by atoms with Crippen LogP contribution in [0.25, 0.3) is 0 Å². The summed E-state index contributed by atoms with van der Waals surface area (Å²) in [6.07, 6.45) is 1.55. The van der Waals surface area contributed by atoms with Crippen molar-refractivity contribution in [3.8, 4) is 0 Å². The molecule has 0 saturated heterocycles. The molecule has 2 aromatic rings. The molecule has 1 heterocycles. The molecule has 0 fully saturated rings. The molecule has 2 rings (SSSR count). The van der Waals surface area contributed by atoms with Gasteiger partial charge < -0.3 is 9.72 Å². The third-order valence-corrected chi connectivity index (χ3v) is 3.32. The number of aryl methyl sites for hydroxylation is 1. The quantitative estimate of drug-likeness (QED) is 0.505. The number of nitrogens with zero attached hydrogens (tertiary/aromatic N) is 1. The zero-order valence-corrected chi connectivity index (χ0v) is 13.3. The summed E-state index contributed by atoms with van der Waals surface area (Å²) in [5.41, 5.74) is 5.16. The highest BCUT2D eigenvalue weighted by Crippen LogP contribution is 2.19. The summed E-state index contributed by atoms with van der Waals surface area (Å²) in [5.74, 6) is -0.848. The van der Waals surface area contributed by atoms with Crippen molar-refractivity contribution in [2.45, 2.75) is 20.8 Å². The molecule has 0 saturated carbocycles. The fourth-order valence-electron chi connectivity index (χ4n) is 2.25. The van der Waals surface area contributed by atoms with E-state index in [0.717, 1.165) is 5.56 Å². The Labute approximate surface area is 134 Å². The maximum absolute atomic E-state index is 12.2. The first-order valence-electron chi connectivity index (χ1n) is 7.29. The molecule has 0 aliphatic carbocycles. The topological polar surface area (TPSA) is 83.5 Å². The number of amides is 1. The lowest BCUT2D eigenvalue weighted by Gasteiger charge is -2.02. The molecule has 1 aromatic heterocycles. The number of hydrogen-bond donors (Lipinski definition) is 2. The molecule has 0 atom stereocenters. The zero-order valence-electron chi connectivity index (χ0n) is 13.3. The standard InChI is InChI=1S/C17H19N3O3/c1-4-23-17(22)14-11(2)15(19-12(14)3)16(21)20-18-10-13-8-6-5-7-9-13/h5-10,19H,4H2,1-3H3,(H,20,21). The van der Waals surface area contributed by atoms with Gasteiger partial charge in [-0.1, -0.05) is 30.3 Å². The van der Waals surface area contributed by atoms with Crippen LogP contribution in [0.4, 0.5) is 0 Å². The Morgan fingerprint density at radius 2 is 1.96 bits per heavy atom. The van der Waals surface area contributed by atoms with Crippen LogP contribution in [0.3, 0.4) is 0 Å². The number of rotatable bonds is 5. The van der Waals surface area contributed by atoms with Crippen LogP contribution in [0.2, 0.25) is 0 Å². The predicted octanol–water partition coefficient (Wildman–Crippen LogP) is 2.57. The minimum atomic E-state index is -0.439. The van der Waals surface area contributed by atoms with Gasteiger partial charge in [-0.3, -0.25) is 4.79 Å². The number of aromatic amines is 1. The number of benzene rings is 1. The molecular formula is C17H19N3O3. The van der Waals surface area contributed by atoms with E-state index < -0.39 is 11.9 Å². The van der Waals surface area contributed by atoms with Crippen LogP contribution < -0.4 is 5.43 Å². The van der Waals surface area contributed by atoms with Gasteiger partial charge in [-0.25, -0.2) is 10.2 Å². The van der Waals surface area contributed by atoms with E-state index in [1.807, 2.05) is 30.3 Å². The van der Waals surface area contributed by atoms with E-state index in [-0.39, 0.29) is 6.61 Å². The van der Waals surface area contributed by atoms with Crippen molar-refractivity contribution < 1.29 is 14.3 Å². The first kappa shape index (κ1) is 16.5. The van der Waals surface area contributed by atoms with Gasteiger partial charge in [-0.05, 0) is 31.9 Å². The summed E-state index contributed by atoms with van der Waals surface area (Å²) in [6, 6.07) is 9.41. The second-order valence-electron chi connectivity index (χ2n) is 4.96. The van der Waals surface area contributed by atoms with Crippen molar-refractivity contribution in [1.29, 1.82) is 0 Å². The third kappa shape index (κ3) is 3.85. The number of carbonyl (C=O) groups is 2. The fraction of sp³-hybridized carbons (Fsp3) is 0.235. The highest BCUT2D eigenvalue weighted by Gasteiger charge is 2.22. The predicted molar refractivity (Wildman–Crippen MR) is 87.7 cm³/mol. The van der Waals surface area contributed by atoms with E-state index in [4.69, 9.17) is 4.74 Å². The van der Waals surface area contributed by atoms with Crippen LogP contribution >= 0.6 is 0 Å². The van der Waals surface area contributed by atoms with Crippen molar-refractivity contribution in [2.24, 2.45) is 5.10 Å². The molecule has 120 valence electrons. The molecule has 6 heteroatoms. The first-order chi connectivity index (χ1) is 11.0. The van der Waals surface area contributed by atoms with E-state index in [0.29, 0.717) is 22.5 Å². The lowest BCUT2D eigenvalue weighted by Crippen LogP contribution is -2.19. The van der Waals surface area contributed by atoms with Gasteiger partial charge in [0.05, 0.1) is 18.4 Å². The number of nitrogens with one attached hydrogen (secondary N) is 2. The highest BCUT2D eigenvalue weighted by atomic mass is 16.5. The lowest BCUT2D eigenvalue weighted by molar-refractivity contribution is 0.0525. The van der Waals surface area contributed by atoms with Gasteiger partial charge in [0.2, 0.25) is 0 Å². The molecular weight excluding hydrogens is 294 g/mol. The van der Waals surface area contributed by atoms with Crippen LogP contribution in [0, 0.1) is 13.8 Å². The van der Waals surface area contributed by atoms with Crippen LogP contribution in [-0.2, 0) is 4.74 Å². The third-order valence-electron chi connectivity index (χ3n) is 3.32. The number of carbonyl (C=O) groups excluding carboxylic acids is 2. The second-order valence-corrected chi connectivity index (χ2v) is 4.96. The van der Waals surface area contributed by atoms with Gasteiger partial charge in [0.15, 0.2) is 0 Å². The number of hydrazone groups is 1. The summed E-state index contributed by atoms with van der Waals surface area (Å²) in [4.78, 5) is 27.0. The largest absolute Gasteiger partial charge is 0.462 e. The summed E-state index contributed by atoms with van der Waals surface area (Å²) in [7, 11) is 0. The van der Waals surface area contributed by atoms with Crippen molar-refractivity contribution in [3.05, 3.63) is 58.4 Å². The molecule has 2 N–H and O–H groups in total. The molecule has 0 bridgehead atoms. The average molecular weight is 313 g/mol. The normalized spacial score (nSPS) is 10.7. The van der Waals surface area contributed by atoms with Crippen molar-refractivity contribution in [1.82, 2.24) is 10.4 Å². The molecule has 0 radical (unpaired) electrons. The summed E-state index contributed by atoms with van der Waals surface area (Å²) in [6.45, 7) is 5.45. The van der Waals surface area contributed by atoms with E-state index in [1.54, 1.807) is 27.0 Å². The van der Waals surface area contributed by atoms with E-state index in [2.05, 4.69) is 15.5 Å². The van der Waals surface area contributed by atoms with Gasteiger partial charge in [-0.2, -0.15) is 5.10 Å². The van der Waals surface area contributed by atoms with Crippen LogP contribution in [0.1, 0.15) is 44.6 Å². The van der Waals surface area contributed by atoms with Gasteiger partial charge in [-0.15, -0.1) is 0 Å². The Bertz CT molecular complexity index is 733. The van der Waals surface area contributed by atoms with Crippen LogP contribution in [0.15, 0.2) is 35.4 Å². The molecule has 1 amide bonds. The fourth-order valence-corrected chi connectivity index (χ4v) is 2.25. The monoisotopic (exact) mass is 313 g/mol. The number of hydrogen-bond acceptors (Lipinski definition) is 4. The number of aromatic nitrogens is 1. The Balaban J connectivity index is 2.12. The Hall–Kier alpha value is -2.89. The zero-order chi connectivity index (χ0) is 16.8. The SMILES string of the molecule is CCOC(=O)c1c(C)[nH]c(C(=O)NN=Cc2ccccc2)c1C. The Kier molecular flexibility index (Phi) is 5.30. The Morgan fingerprint density at radius 1 is 1.26 bits per heavy atom. The molecule has 0 unspecified atom stereocenters. The molecule has 0 aliphatic rings. The minimum Gasteiger partial charge on any atom is -0.462 e. The maximum atomic E-state index is 12.2.